The first-order valence-electron chi connectivity index (χ1n) is 10.3. The number of hydrogen-bond acceptors (Lipinski definition) is 5. The second-order valence-electron chi connectivity index (χ2n) is 9.51. The number of nitrogens with zero attached hydrogens (tertiary/aromatic N) is 1. The Labute approximate surface area is 168 Å². The van der Waals surface area contributed by atoms with Gasteiger partial charge in [-0.1, -0.05) is 19.0 Å². The van der Waals surface area contributed by atoms with Gasteiger partial charge in [0.2, 0.25) is 0 Å². The van der Waals surface area contributed by atoms with Gasteiger partial charge >= 0.3 is 0 Å². The van der Waals surface area contributed by atoms with Crippen LogP contribution in [0.4, 0.5) is 0 Å². The van der Waals surface area contributed by atoms with Gasteiger partial charge in [0.1, 0.15) is 18.2 Å². The summed E-state index contributed by atoms with van der Waals surface area (Å²) in [4.78, 5) is 30.9. The first-order valence-corrected chi connectivity index (χ1v) is 10.3. The van der Waals surface area contributed by atoms with E-state index in [1.54, 1.807) is 0 Å². The lowest BCUT2D eigenvalue weighted by molar-refractivity contribution is -0.152. The zero-order valence-corrected chi connectivity index (χ0v) is 17.4. The molecule has 0 unspecified atom stereocenters. The van der Waals surface area contributed by atoms with Crippen molar-refractivity contribution in [1.82, 2.24) is 0 Å². The summed E-state index contributed by atoms with van der Waals surface area (Å²) in [6.07, 6.45) is 7.13. The highest BCUT2D eigenvalue weighted by atomic mass is 35.5. The number of fused-ring (bicyclic) bond motifs is 5. The molecular formula is C21H33ClN2O3. The number of ketones is 2. The van der Waals surface area contributed by atoms with Gasteiger partial charge in [0, 0.05) is 30.7 Å². The zero-order chi connectivity index (χ0) is 18.5. The molecule has 5 nitrogen and oxygen atoms in total. The van der Waals surface area contributed by atoms with Crippen LogP contribution in [0.25, 0.3) is 0 Å². The van der Waals surface area contributed by atoms with E-state index in [0.29, 0.717) is 55.3 Å². The fraction of sp³-hybridized carbons (Fsp3) is 0.857. The highest BCUT2D eigenvalue weighted by Gasteiger charge is 2.62. The lowest BCUT2D eigenvalue weighted by Crippen LogP contribution is -2.56. The van der Waals surface area contributed by atoms with Gasteiger partial charge in [-0.3, -0.25) is 9.59 Å². The van der Waals surface area contributed by atoms with Gasteiger partial charge in [0.05, 0.1) is 5.71 Å². The van der Waals surface area contributed by atoms with Crippen molar-refractivity contribution in [3.63, 3.8) is 0 Å². The first kappa shape index (κ1) is 20.8. The number of nitrogens with two attached hydrogens (primary N) is 1. The topological polar surface area (TPSA) is 81.8 Å². The van der Waals surface area contributed by atoms with Crippen molar-refractivity contribution in [2.75, 3.05) is 13.2 Å². The smallest absolute Gasteiger partial charge is 0.139 e. The molecule has 0 spiro atoms. The van der Waals surface area contributed by atoms with E-state index in [1.165, 1.54) is 0 Å². The molecule has 4 aliphatic rings. The van der Waals surface area contributed by atoms with Crippen LogP contribution in [0.15, 0.2) is 5.16 Å². The number of carbonyl (C=O) groups excluding carboxylic acids is 2. The molecular weight excluding hydrogens is 364 g/mol. The highest BCUT2D eigenvalue weighted by Crippen LogP contribution is 2.64. The summed E-state index contributed by atoms with van der Waals surface area (Å²) in [5.74, 6) is 2.29. The number of halogens is 1. The van der Waals surface area contributed by atoms with E-state index >= 15 is 0 Å². The second-order valence-corrected chi connectivity index (χ2v) is 9.51. The Bertz CT molecular complexity index is 651. The molecule has 0 heterocycles. The van der Waals surface area contributed by atoms with Crippen LogP contribution in [0, 0.1) is 34.5 Å². The number of Topliss-reactive ketones (excluding diaryl/α,β-unsaturated/α-hetero) is 2. The lowest BCUT2D eigenvalue weighted by Gasteiger charge is -2.58. The molecule has 0 aromatic rings. The van der Waals surface area contributed by atoms with Crippen molar-refractivity contribution in [2.45, 2.75) is 65.2 Å². The molecule has 27 heavy (non-hydrogen) atoms. The highest BCUT2D eigenvalue weighted by molar-refractivity contribution is 5.93. The monoisotopic (exact) mass is 396 g/mol. The Kier molecular flexibility index (Phi) is 5.75. The third-order valence-corrected chi connectivity index (χ3v) is 8.41. The van der Waals surface area contributed by atoms with Crippen LogP contribution in [0.3, 0.4) is 0 Å². The summed E-state index contributed by atoms with van der Waals surface area (Å²) in [5, 5.41) is 4.25. The first-order chi connectivity index (χ1) is 12.4. The summed E-state index contributed by atoms with van der Waals surface area (Å²) in [7, 11) is 0. The van der Waals surface area contributed by atoms with Crippen molar-refractivity contribution >= 4 is 29.7 Å². The molecule has 4 rings (SSSR count). The molecule has 4 saturated carbocycles. The minimum atomic E-state index is -0.165. The molecule has 2 N–H and O–H groups in total. The Balaban J connectivity index is 0.00000210. The molecule has 4 aliphatic carbocycles. The van der Waals surface area contributed by atoms with Crippen LogP contribution >= 0.6 is 12.4 Å². The lowest BCUT2D eigenvalue weighted by atomic mass is 9.45. The van der Waals surface area contributed by atoms with Crippen molar-refractivity contribution in [3.05, 3.63) is 0 Å². The Hall–Kier alpha value is -0.940. The molecule has 0 aromatic heterocycles. The van der Waals surface area contributed by atoms with Crippen molar-refractivity contribution in [3.8, 4) is 0 Å². The largest absolute Gasteiger partial charge is 0.395 e. The van der Waals surface area contributed by atoms with Crippen molar-refractivity contribution < 1.29 is 14.4 Å². The van der Waals surface area contributed by atoms with Gasteiger partial charge < -0.3 is 10.6 Å². The predicted octanol–water partition coefficient (Wildman–Crippen LogP) is 3.53. The van der Waals surface area contributed by atoms with E-state index in [-0.39, 0.29) is 29.2 Å². The normalized spacial score (nSPS) is 44.9. The number of rotatable bonds is 3. The van der Waals surface area contributed by atoms with E-state index in [0.717, 1.165) is 44.2 Å². The van der Waals surface area contributed by atoms with E-state index in [4.69, 9.17) is 10.6 Å². The van der Waals surface area contributed by atoms with Crippen LogP contribution in [0.1, 0.15) is 65.2 Å². The average Bonchev–Trinajstić information content (AvgIpc) is 2.92. The SMILES string of the molecule is C[C@]12CC/C(=N/OCCN)C[C@H]1C(=O)C[C@@H]1[C@@H]2CC[C@]2(C)C(=O)CC[C@@H]12.Cl. The Morgan fingerprint density at radius 1 is 1.11 bits per heavy atom. The Morgan fingerprint density at radius 3 is 2.63 bits per heavy atom. The quantitative estimate of drug-likeness (QED) is 0.584. The standard InChI is InChI=1S/C21H32N2O3.ClH/c1-20-7-5-13(23-26-10-9-22)11-17(20)18(24)12-14-15-3-4-19(25)21(15,2)8-6-16(14)20;/h14-17H,3-12,22H2,1-2H3;1H/b23-13-;/t14-,15-,16-,17-,20+,21-;/m0./s1. The third-order valence-electron chi connectivity index (χ3n) is 8.41. The van der Waals surface area contributed by atoms with Gasteiger partial charge in [-0.15, -0.1) is 12.4 Å². The maximum Gasteiger partial charge on any atom is 0.139 e. The van der Waals surface area contributed by atoms with Crippen LogP contribution in [0.5, 0.6) is 0 Å². The second kappa shape index (κ2) is 7.47. The summed E-state index contributed by atoms with van der Waals surface area (Å²) in [6, 6.07) is 0. The number of oxime groups is 1. The molecule has 0 saturated heterocycles. The number of carbonyl (C=O) groups is 2. The third kappa shape index (κ3) is 3.15. The summed E-state index contributed by atoms with van der Waals surface area (Å²) in [5.41, 5.74) is 6.37. The Morgan fingerprint density at radius 2 is 1.89 bits per heavy atom. The van der Waals surface area contributed by atoms with Gasteiger partial charge in [-0.05, 0) is 61.7 Å². The molecule has 6 heteroatoms. The van der Waals surface area contributed by atoms with Gasteiger partial charge in [0.25, 0.3) is 0 Å². The molecule has 0 aliphatic heterocycles. The molecule has 0 amide bonds. The van der Waals surface area contributed by atoms with Crippen LogP contribution < -0.4 is 5.73 Å². The summed E-state index contributed by atoms with van der Waals surface area (Å²) < 4.78 is 0. The maximum absolute atomic E-state index is 13.1. The predicted molar refractivity (Wildman–Crippen MR) is 107 cm³/mol. The van der Waals surface area contributed by atoms with E-state index < -0.39 is 0 Å². The fourth-order valence-electron chi connectivity index (χ4n) is 6.89. The molecule has 152 valence electrons. The molecule has 0 aromatic carbocycles. The molecule has 0 bridgehead atoms. The van der Waals surface area contributed by atoms with Gasteiger partial charge in [-0.2, -0.15) is 0 Å². The summed E-state index contributed by atoms with van der Waals surface area (Å²) in [6.45, 7) is 5.39. The fourth-order valence-corrected chi connectivity index (χ4v) is 6.89. The minimum Gasteiger partial charge on any atom is -0.395 e. The van der Waals surface area contributed by atoms with E-state index in [9.17, 15) is 9.59 Å². The van der Waals surface area contributed by atoms with E-state index in [1.807, 2.05) is 0 Å². The van der Waals surface area contributed by atoms with Gasteiger partial charge in [-0.25, -0.2) is 0 Å². The van der Waals surface area contributed by atoms with Crippen LogP contribution in [-0.4, -0.2) is 30.4 Å². The molecule has 6 atom stereocenters. The van der Waals surface area contributed by atoms with Crippen LogP contribution in [-0.2, 0) is 14.4 Å². The maximum atomic E-state index is 13.1. The zero-order valence-electron chi connectivity index (χ0n) is 16.5. The van der Waals surface area contributed by atoms with Crippen molar-refractivity contribution in [2.24, 2.45) is 45.4 Å². The average molecular weight is 397 g/mol. The molecule has 0 radical (unpaired) electrons. The minimum absolute atomic E-state index is 0. The van der Waals surface area contributed by atoms with E-state index in [2.05, 4.69) is 19.0 Å². The van der Waals surface area contributed by atoms with Crippen LogP contribution in [0.2, 0.25) is 0 Å². The van der Waals surface area contributed by atoms with Gasteiger partial charge in [0.15, 0.2) is 0 Å². The van der Waals surface area contributed by atoms with Crippen molar-refractivity contribution in [1.29, 1.82) is 0 Å². The number of hydrogen-bond donors (Lipinski definition) is 1. The molecule has 4 fully saturated rings. The summed E-state index contributed by atoms with van der Waals surface area (Å²) >= 11 is 0.